The van der Waals surface area contributed by atoms with Crippen molar-refractivity contribution in [3.63, 3.8) is 0 Å². The van der Waals surface area contributed by atoms with Crippen LogP contribution in [0.1, 0.15) is 144 Å². The summed E-state index contributed by atoms with van der Waals surface area (Å²) in [5.41, 5.74) is 21.1. The van der Waals surface area contributed by atoms with Crippen molar-refractivity contribution in [2.75, 3.05) is 9.80 Å². The van der Waals surface area contributed by atoms with E-state index in [1.807, 2.05) is 54.6 Å². The number of hydrogen-bond donors (Lipinski definition) is 0. The molecule has 0 bridgehead atoms. The third-order valence-corrected chi connectivity index (χ3v) is 21.8. The number of hydrogen-bond acceptors (Lipinski definition) is 2. The van der Waals surface area contributed by atoms with Gasteiger partial charge < -0.3 is 18.9 Å². The van der Waals surface area contributed by atoms with Crippen LogP contribution in [0.5, 0.6) is 0 Å². The Morgan fingerprint density at radius 2 is 0.602 bits per heavy atom. The first kappa shape index (κ1) is 53.0. The minimum atomic E-state index is -2.76. The first-order valence-corrected chi connectivity index (χ1v) is 36.0. The Balaban J connectivity index is 1.03. The molecule has 2 aliphatic rings. The summed E-state index contributed by atoms with van der Waals surface area (Å²) in [6, 6.07) is 88.0. The molecule has 0 saturated carbocycles. The molecule has 103 heavy (non-hydrogen) atoms. The summed E-state index contributed by atoms with van der Waals surface area (Å²) in [4.78, 5) is 4.33. The van der Waals surface area contributed by atoms with Gasteiger partial charge in [0.25, 0.3) is 6.71 Å². The zero-order valence-electron chi connectivity index (χ0n) is 72.7. The molecule has 0 aliphatic carbocycles. The molecule has 4 nitrogen and oxygen atoms in total. The van der Waals surface area contributed by atoms with Gasteiger partial charge in [-0.3, -0.25) is 0 Å². The summed E-state index contributed by atoms with van der Waals surface area (Å²) >= 11 is 0. The molecule has 0 amide bonds. The molecule has 0 atom stereocenters. The molecule has 0 saturated heterocycles. The average Bonchev–Trinajstić information content (AvgIpc) is 0.934. The van der Waals surface area contributed by atoms with E-state index in [-0.39, 0.29) is 55.0 Å². The van der Waals surface area contributed by atoms with Crippen LogP contribution in [0.3, 0.4) is 0 Å². The van der Waals surface area contributed by atoms with Crippen LogP contribution in [0.4, 0.5) is 34.1 Å². The molecule has 2 aliphatic heterocycles. The Hall–Kier alpha value is -10.9. The molecule has 5 heteroatoms. The Bertz CT molecular complexity index is 5980. The van der Waals surface area contributed by atoms with Gasteiger partial charge in [0.15, 0.2) is 0 Å². The number of anilines is 6. The monoisotopic (exact) mass is 1350 g/mol. The van der Waals surface area contributed by atoms with Crippen LogP contribution in [0.15, 0.2) is 261 Å². The highest BCUT2D eigenvalue weighted by molar-refractivity contribution is 7.00. The van der Waals surface area contributed by atoms with E-state index in [2.05, 4.69) is 272 Å². The fourth-order valence-corrected chi connectivity index (χ4v) is 16.5. The van der Waals surface area contributed by atoms with Gasteiger partial charge in [-0.2, -0.15) is 0 Å². The molecule has 0 N–H and O–H groups in total. The lowest BCUT2D eigenvalue weighted by atomic mass is 9.33. The van der Waals surface area contributed by atoms with Crippen molar-refractivity contribution in [2.24, 2.45) is 0 Å². The Morgan fingerprint density at radius 1 is 0.282 bits per heavy atom. The minimum Gasteiger partial charge on any atom is -0.311 e. The maximum Gasteiger partial charge on any atom is 0.252 e. The van der Waals surface area contributed by atoms with Gasteiger partial charge >= 0.3 is 0 Å². The average molecular weight is 1350 g/mol. The standard InChI is InChI=1S/C98H91BN4/c1-60-30-25-31-61(2)90(60)78-36-19-23-44-84(78)102-86-50-48-70(100-82-42-21-17-34-74(82)76-40-27-38-72(93(76)100)64-52-66(95(5,6)7)56-67(53-64)96(8,9)10)58-80(86)99-81-59-71(49-51-87(81)103(89-47-29-46-88(102)92(89)99)85-45-24-20-37-79(85)91-62(3)32-26-33-63(91)4)101-83-43-22-18-35-75(83)77-41-28-39-73(94(77)101)65-54-68(97(11,12)13)57-69(55-65)98(14,15)16/h17-59H,1-16H3/i1D3,2D3,3D3,4D3. The second-order valence-electron chi connectivity index (χ2n) is 32.5. The molecule has 0 spiro atoms. The Morgan fingerprint density at radius 3 is 0.981 bits per heavy atom. The third-order valence-electron chi connectivity index (χ3n) is 21.8. The maximum absolute atomic E-state index is 9.14. The van der Waals surface area contributed by atoms with Crippen LogP contribution in [0.2, 0.25) is 0 Å². The zero-order valence-corrected chi connectivity index (χ0v) is 60.7. The summed E-state index contributed by atoms with van der Waals surface area (Å²) in [5.74, 6) is 0. The van der Waals surface area contributed by atoms with Crippen LogP contribution < -0.4 is 26.2 Å². The lowest BCUT2D eigenvalue weighted by Gasteiger charge is -2.45. The maximum atomic E-state index is 9.14. The van der Waals surface area contributed by atoms with E-state index in [1.165, 1.54) is 58.7 Å². The van der Waals surface area contributed by atoms with E-state index < -0.39 is 34.1 Å². The van der Waals surface area contributed by atoms with E-state index in [0.717, 1.165) is 105 Å². The number of fused-ring (bicyclic) bond motifs is 10. The molecular formula is C98H91BN4. The van der Waals surface area contributed by atoms with Gasteiger partial charge in [-0.1, -0.05) is 271 Å². The van der Waals surface area contributed by atoms with Gasteiger partial charge in [-0.25, -0.2) is 0 Å². The highest BCUT2D eigenvalue weighted by atomic mass is 15.2. The molecule has 0 fully saturated rings. The van der Waals surface area contributed by atoms with Gasteiger partial charge in [-0.05, 0) is 205 Å². The van der Waals surface area contributed by atoms with Crippen molar-refractivity contribution < 1.29 is 16.4 Å². The number of aryl methyl sites for hydroxylation is 4. The molecule has 0 unspecified atom stereocenters. The molecule has 2 aromatic heterocycles. The van der Waals surface area contributed by atoms with Crippen LogP contribution in [-0.2, 0) is 21.7 Å². The van der Waals surface area contributed by atoms with E-state index >= 15 is 0 Å². The topological polar surface area (TPSA) is 16.3 Å². The summed E-state index contributed by atoms with van der Waals surface area (Å²) in [5, 5.41) is 4.27. The fourth-order valence-electron chi connectivity index (χ4n) is 16.5. The van der Waals surface area contributed by atoms with Crippen LogP contribution in [0, 0.1) is 27.4 Å². The number of para-hydroxylation sites is 6. The Labute approximate surface area is 626 Å². The molecule has 15 aromatic rings. The van der Waals surface area contributed by atoms with E-state index in [1.54, 1.807) is 0 Å². The smallest absolute Gasteiger partial charge is 0.252 e. The van der Waals surface area contributed by atoms with Crippen LogP contribution >= 0.6 is 0 Å². The van der Waals surface area contributed by atoms with Gasteiger partial charge in [0.05, 0.1) is 33.4 Å². The number of benzene rings is 13. The third kappa shape index (κ3) is 10.6. The number of aromatic nitrogens is 2. The molecule has 506 valence electrons. The van der Waals surface area contributed by atoms with Gasteiger partial charge in [0.1, 0.15) is 0 Å². The molecular weight excluding hydrogens is 1240 g/mol. The number of rotatable bonds is 8. The predicted octanol–water partition coefficient (Wildman–Crippen LogP) is 25.1. The predicted molar refractivity (Wildman–Crippen MR) is 445 cm³/mol. The van der Waals surface area contributed by atoms with Crippen molar-refractivity contribution in [1.29, 1.82) is 0 Å². The van der Waals surface area contributed by atoms with E-state index in [0.29, 0.717) is 33.9 Å². The molecule has 4 heterocycles. The first-order chi connectivity index (χ1) is 54.2. The quantitative estimate of drug-likeness (QED) is 0.141. The van der Waals surface area contributed by atoms with Crippen molar-refractivity contribution in [3.8, 4) is 55.9 Å². The van der Waals surface area contributed by atoms with Crippen molar-refractivity contribution in [3.05, 3.63) is 305 Å². The Kier molecular flexibility index (Phi) is 12.3. The normalized spacial score (nSPS) is 15.4. The molecule has 0 radical (unpaired) electrons. The lowest BCUT2D eigenvalue weighted by Crippen LogP contribution is -2.61. The van der Waals surface area contributed by atoms with E-state index in [4.69, 9.17) is 16.4 Å². The molecule has 17 rings (SSSR count). The number of nitrogens with zero attached hydrogens (tertiary/aromatic N) is 4. The largest absolute Gasteiger partial charge is 0.311 e. The minimum absolute atomic E-state index is 0.0833. The lowest BCUT2D eigenvalue weighted by molar-refractivity contribution is 0.568. The van der Waals surface area contributed by atoms with Crippen molar-refractivity contribution in [2.45, 2.75) is 132 Å². The van der Waals surface area contributed by atoms with Crippen LogP contribution in [-0.4, -0.2) is 15.8 Å². The highest BCUT2D eigenvalue weighted by Gasteiger charge is 2.45. The fraction of sp³-hybridized carbons (Fsp3) is 0.204. The van der Waals surface area contributed by atoms with Gasteiger partial charge in [-0.15, -0.1) is 0 Å². The van der Waals surface area contributed by atoms with Gasteiger partial charge in [0.2, 0.25) is 0 Å². The first-order valence-electron chi connectivity index (χ1n) is 42.0. The second-order valence-corrected chi connectivity index (χ2v) is 32.5. The van der Waals surface area contributed by atoms with Crippen molar-refractivity contribution in [1.82, 2.24) is 9.13 Å². The van der Waals surface area contributed by atoms with Crippen LogP contribution in [0.25, 0.3) is 99.5 Å². The second kappa shape index (κ2) is 23.9. The summed E-state index contributed by atoms with van der Waals surface area (Å²) in [6.45, 7) is 15.5. The zero-order chi connectivity index (χ0) is 81.5. The molecule has 13 aromatic carbocycles. The summed E-state index contributed by atoms with van der Waals surface area (Å²) in [6.07, 6.45) is 0. The SMILES string of the molecule is [2H]C([2H])([2H])c1cccc(C([2H])([2H])[2H])c1-c1ccccc1N1c2ccc(-n3c4ccccc4c4cccc(-c5cc(C(C)(C)C)cc(C(C)(C)C)c5)c43)cc2B2c3cc(-n4c5ccccc5c5cccc(-c6cc(C(C)(C)C)cc(C(C)(C)C)c6)c54)ccc3N(c3ccccc3-c3c(C([2H])([2H])[2H])cccc3C([2H])([2H])[2H])c3cccc1c32. The van der Waals surface area contributed by atoms with Gasteiger partial charge in [0, 0.05) is 94.4 Å². The summed E-state index contributed by atoms with van der Waals surface area (Å²) < 4.78 is 114. The summed E-state index contributed by atoms with van der Waals surface area (Å²) in [7, 11) is 0. The highest BCUT2D eigenvalue weighted by Crippen LogP contribution is 2.52. The van der Waals surface area contributed by atoms with Crippen molar-refractivity contribution >= 4 is 101 Å². The van der Waals surface area contributed by atoms with E-state index in [9.17, 15) is 0 Å².